The van der Waals surface area contributed by atoms with Crippen LogP contribution in [0.5, 0.6) is 0 Å². The van der Waals surface area contributed by atoms with E-state index in [0.29, 0.717) is 6.42 Å². The molecule has 0 saturated heterocycles. The highest BCUT2D eigenvalue weighted by Gasteiger charge is 2.67. The number of allylic oxidation sites excluding steroid dienone is 6. The van der Waals surface area contributed by atoms with Crippen molar-refractivity contribution in [2.45, 2.75) is 45.6 Å². The number of hydrogen-bond donors (Lipinski definition) is 2. The van der Waals surface area contributed by atoms with Crippen LogP contribution in [0.3, 0.4) is 0 Å². The van der Waals surface area contributed by atoms with Crippen LogP contribution in [0, 0.1) is 28.6 Å². The molecule has 0 radical (unpaired) electrons. The van der Waals surface area contributed by atoms with Crippen LogP contribution in [0.4, 0.5) is 0 Å². The molecule has 0 aromatic carbocycles. The third-order valence-corrected chi connectivity index (χ3v) is 7.90. The summed E-state index contributed by atoms with van der Waals surface area (Å²) in [6.45, 7) is 5.08. The predicted octanol–water partition coefficient (Wildman–Crippen LogP) is 1.93. The lowest BCUT2D eigenvalue weighted by Crippen LogP contribution is -2.60. The van der Waals surface area contributed by atoms with Crippen molar-refractivity contribution in [3.8, 4) is 0 Å². The number of carbonyl (C=O) groups excluding carboxylic acids is 3. The van der Waals surface area contributed by atoms with Crippen molar-refractivity contribution in [1.29, 1.82) is 0 Å². The Morgan fingerprint density at radius 3 is 2.67 bits per heavy atom. The molecule has 144 valence electrons. The first-order chi connectivity index (χ1) is 12.6. The molecule has 0 aromatic heterocycles. The van der Waals surface area contributed by atoms with Crippen molar-refractivity contribution < 1.29 is 24.6 Å². The fraction of sp³-hybridized carbons (Fsp3) is 0.591. The molecule has 6 atom stereocenters. The van der Waals surface area contributed by atoms with Gasteiger partial charge in [0.05, 0.1) is 0 Å². The Kier molecular flexibility index (Phi) is 3.83. The highest BCUT2D eigenvalue weighted by molar-refractivity contribution is 6.02. The highest BCUT2D eigenvalue weighted by Crippen LogP contribution is 2.65. The zero-order valence-electron chi connectivity index (χ0n) is 16.0. The van der Waals surface area contributed by atoms with Gasteiger partial charge in [-0.1, -0.05) is 31.6 Å². The number of ketones is 3. The molecule has 27 heavy (non-hydrogen) atoms. The molecular formula is C22H26O5. The Hall–Kier alpha value is -1.85. The molecule has 0 amide bonds. The summed E-state index contributed by atoms with van der Waals surface area (Å²) in [4.78, 5) is 37.6. The number of carbonyl (C=O) groups is 3. The van der Waals surface area contributed by atoms with E-state index < -0.39 is 28.8 Å². The van der Waals surface area contributed by atoms with Crippen molar-refractivity contribution in [2.75, 3.05) is 6.61 Å². The molecule has 0 aromatic rings. The molecule has 4 rings (SSSR count). The molecule has 2 fully saturated rings. The SMILES string of the molecule is CC1=C[C@@H]2[C@H](C(=O)C[C@@]3(C)[C@H]2CC[C@]3(O)C(=O)CO)[C@@]2(C)C=CC(=O)C=C12. The smallest absolute Gasteiger partial charge is 0.190 e. The van der Waals surface area contributed by atoms with Gasteiger partial charge in [-0.25, -0.2) is 0 Å². The first-order valence-electron chi connectivity index (χ1n) is 9.62. The van der Waals surface area contributed by atoms with Crippen molar-refractivity contribution >= 4 is 17.3 Å². The Labute approximate surface area is 158 Å². The van der Waals surface area contributed by atoms with Gasteiger partial charge in [-0.3, -0.25) is 14.4 Å². The minimum Gasteiger partial charge on any atom is -0.388 e. The molecule has 5 heteroatoms. The van der Waals surface area contributed by atoms with Crippen LogP contribution in [-0.2, 0) is 14.4 Å². The van der Waals surface area contributed by atoms with Crippen LogP contribution in [0.2, 0.25) is 0 Å². The van der Waals surface area contributed by atoms with Crippen LogP contribution in [0.15, 0.2) is 35.5 Å². The second kappa shape index (κ2) is 5.58. The topological polar surface area (TPSA) is 91.7 Å². The normalized spacial score (nSPS) is 45.6. The predicted molar refractivity (Wildman–Crippen MR) is 98.6 cm³/mol. The number of aliphatic hydroxyl groups excluding tert-OH is 1. The average molecular weight is 370 g/mol. The van der Waals surface area contributed by atoms with Crippen LogP contribution in [0.1, 0.15) is 40.0 Å². The lowest BCUT2D eigenvalue weighted by atomic mass is 9.47. The van der Waals surface area contributed by atoms with Crippen LogP contribution in [-0.4, -0.2) is 39.8 Å². The second-order valence-corrected chi connectivity index (χ2v) is 9.13. The van der Waals surface area contributed by atoms with Gasteiger partial charge in [0.2, 0.25) is 0 Å². The summed E-state index contributed by atoms with van der Waals surface area (Å²) in [6.07, 6.45) is 8.11. The maximum absolute atomic E-state index is 13.4. The lowest BCUT2D eigenvalue weighted by Gasteiger charge is -2.55. The van der Waals surface area contributed by atoms with E-state index in [1.54, 1.807) is 12.2 Å². The van der Waals surface area contributed by atoms with Gasteiger partial charge < -0.3 is 10.2 Å². The van der Waals surface area contributed by atoms with E-state index in [0.717, 1.165) is 11.1 Å². The summed E-state index contributed by atoms with van der Waals surface area (Å²) in [6, 6.07) is 0. The number of aliphatic hydroxyl groups is 2. The van der Waals surface area contributed by atoms with Crippen LogP contribution in [0.25, 0.3) is 0 Å². The summed E-state index contributed by atoms with van der Waals surface area (Å²) < 4.78 is 0. The number of fused-ring (bicyclic) bond motifs is 5. The molecule has 0 spiro atoms. The van der Waals surface area contributed by atoms with Gasteiger partial charge in [-0.05, 0) is 49.3 Å². The minimum atomic E-state index is -1.66. The summed E-state index contributed by atoms with van der Waals surface area (Å²) in [5.74, 6) is -1.07. The van der Waals surface area contributed by atoms with Gasteiger partial charge >= 0.3 is 0 Å². The lowest BCUT2D eigenvalue weighted by molar-refractivity contribution is -0.165. The molecule has 2 saturated carbocycles. The minimum absolute atomic E-state index is 0.0148. The van der Waals surface area contributed by atoms with E-state index in [9.17, 15) is 24.6 Å². The van der Waals surface area contributed by atoms with Gasteiger partial charge in [0, 0.05) is 23.2 Å². The molecular weight excluding hydrogens is 344 g/mol. The van der Waals surface area contributed by atoms with E-state index in [1.807, 2.05) is 26.8 Å². The van der Waals surface area contributed by atoms with E-state index in [1.165, 1.54) is 0 Å². The highest BCUT2D eigenvalue weighted by atomic mass is 16.3. The van der Waals surface area contributed by atoms with Gasteiger partial charge in [0.15, 0.2) is 11.6 Å². The summed E-state index contributed by atoms with van der Waals surface area (Å²) >= 11 is 0. The van der Waals surface area contributed by atoms with Crippen molar-refractivity contribution in [2.24, 2.45) is 28.6 Å². The third-order valence-electron chi connectivity index (χ3n) is 7.90. The number of Topliss-reactive ketones (excluding diaryl/α,β-unsaturated/α-hetero) is 2. The molecule has 0 bridgehead atoms. The van der Waals surface area contributed by atoms with Crippen molar-refractivity contribution in [3.05, 3.63) is 35.5 Å². The largest absolute Gasteiger partial charge is 0.388 e. The van der Waals surface area contributed by atoms with E-state index in [4.69, 9.17) is 0 Å². The standard InChI is InChI=1S/C22H26O5/c1-12-8-14-15-5-7-22(27,18(26)11-23)21(15,3)10-17(25)19(14)20(2)6-4-13(24)9-16(12)20/h4,6,8-9,14-15,19,23,27H,5,7,10-11H2,1-3H3/t14-,15-,19+,20-,21-,22-/m0/s1. The van der Waals surface area contributed by atoms with Gasteiger partial charge in [0.25, 0.3) is 0 Å². The summed E-state index contributed by atoms with van der Waals surface area (Å²) in [7, 11) is 0. The fourth-order valence-corrected chi connectivity index (χ4v) is 6.50. The molecule has 0 unspecified atom stereocenters. The van der Waals surface area contributed by atoms with Gasteiger partial charge in [-0.15, -0.1) is 0 Å². The first kappa shape index (κ1) is 18.5. The monoisotopic (exact) mass is 370 g/mol. The number of rotatable bonds is 2. The van der Waals surface area contributed by atoms with E-state index in [-0.39, 0.29) is 42.2 Å². The zero-order chi connectivity index (χ0) is 19.8. The third kappa shape index (κ3) is 2.15. The fourth-order valence-electron chi connectivity index (χ4n) is 6.50. The Morgan fingerprint density at radius 1 is 1.30 bits per heavy atom. The average Bonchev–Trinajstić information content (AvgIpc) is 2.87. The molecule has 0 heterocycles. The second-order valence-electron chi connectivity index (χ2n) is 9.13. The Morgan fingerprint density at radius 2 is 2.00 bits per heavy atom. The first-order valence-corrected chi connectivity index (χ1v) is 9.62. The zero-order valence-corrected chi connectivity index (χ0v) is 16.0. The quantitative estimate of drug-likeness (QED) is 0.775. The van der Waals surface area contributed by atoms with Gasteiger partial charge in [-0.2, -0.15) is 0 Å². The van der Waals surface area contributed by atoms with Crippen LogP contribution < -0.4 is 0 Å². The summed E-state index contributed by atoms with van der Waals surface area (Å²) in [5, 5.41) is 20.5. The molecule has 5 nitrogen and oxygen atoms in total. The van der Waals surface area contributed by atoms with E-state index >= 15 is 0 Å². The summed E-state index contributed by atoms with van der Waals surface area (Å²) in [5.41, 5.74) is -1.21. The van der Waals surface area contributed by atoms with Crippen molar-refractivity contribution in [3.63, 3.8) is 0 Å². The van der Waals surface area contributed by atoms with Crippen molar-refractivity contribution in [1.82, 2.24) is 0 Å². The Balaban J connectivity index is 1.85. The van der Waals surface area contributed by atoms with Crippen LogP contribution >= 0.6 is 0 Å². The molecule has 4 aliphatic carbocycles. The Bertz CT molecular complexity index is 849. The van der Waals surface area contributed by atoms with E-state index in [2.05, 4.69) is 6.08 Å². The molecule has 0 aliphatic heterocycles. The maximum Gasteiger partial charge on any atom is 0.190 e. The number of hydrogen-bond acceptors (Lipinski definition) is 5. The maximum atomic E-state index is 13.4. The molecule has 4 aliphatic rings. The van der Waals surface area contributed by atoms with Gasteiger partial charge in [0.1, 0.15) is 18.0 Å². The molecule has 2 N–H and O–H groups in total.